The second-order valence-corrected chi connectivity index (χ2v) is 4.29. The van der Waals surface area contributed by atoms with Crippen molar-refractivity contribution in [3.05, 3.63) is 48.9 Å². The number of pyridine rings is 1. The van der Waals surface area contributed by atoms with Gasteiger partial charge in [-0.05, 0) is 30.3 Å². The van der Waals surface area contributed by atoms with Crippen LogP contribution in [0.3, 0.4) is 0 Å². The summed E-state index contributed by atoms with van der Waals surface area (Å²) >= 11 is 0. The summed E-state index contributed by atoms with van der Waals surface area (Å²) in [6, 6.07) is 9.73. The minimum Gasteiger partial charge on any atom is -0.397 e. The molecule has 2 aromatic heterocycles. The molecule has 3 N–H and O–H groups in total. The molecule has 2 heterocycles. The van der Waals surface area contributed by atoms with Gasteiger partial charge in [-0.2, -0.15) is 5.10 Å². The van der Waals surface area contributed by atoms with Crippen molar-refractivity contribution in [3.63, 3.8) is 0 Å². The van der Waals surface area contributed by atoms with E-state index >= 15 is 0 Å². The topological polar surface area (TPSA) is 68.8 Å². The van der Waals surface area contributed by atoms with Crippen molar-refractivity contribution in [2.45, 2.75) is 6.54 Å². The summed E-state index contributed by atoms with van der Waals surface area (Å²) < 4.78 is 1.88. The maximum atomic E-state index is 6.15. The molecular weight excluding hydrogens is 238 g/mol. The van der Waals surface area contributed by atoms with E-state index in [1.54, 1.807) is 12.4 Å². The van der Waals surface area contributed by atoms with Crippen LogP contribution in [0.4, 0.5) is 11.4 Å². The third-order valence-corrected chi connectivity index (χ3v) is 3.04. The first kappa shape index (κ1) is 11.5. The number of nitrogens with two attached hydrogens (primary N) is 1. The highest BCUT2D eigenvalue weighted by Crippen LogP contribution is 2.27. The van der Waals surface area contributed by atoms with Gasteiger partial charge in [-0.15, -0.1) is 0 Å². The molecule has 0 spiro atoms. The smallest absolute Gasteiger partial charge is 0.0724 e. The Balaban J connectivity index is 1.76. The zero-order chi connectivity index (χ0) is 13.1. The second-order valence-electron chi connectivity index (χ2n) is 4.29. The summed E-state index contributed by atoms with van der Waals surface area (Å²) in [4.78, 5) is 4.28. The molecule has 5 heteroatoms. The fraction of sp³-hybridized carbons (Fsp3) is 0.143. The van der Waals surface area contributed by atoms with Gasteiger partial charge in [0.05, 0.1) is 23.4 Å². The van der Waals surface area contributed by atoms with Crippen LogP contribution in [-0.4, -0.2) is 21.3 Å². The first-order valence-electron chi connectivity index (χ1n) is 6.19. The third-order valence-electron chi connectivity index (χ3n) is 3.04. The Kier molecular flexibility index (Phi) is 3.02. The van der Waals surface area contributed by atoms with Crippen LogP contribution in [0.2, 0.25) is 0 Å². The number of nitrogens with zero attached hydrogens (tertiary/aromatic N) is 3. The lowest BCUT2D eigenvalue weighted by Crippen LogP contribution is -2.11. The Morgan fingerprint density at radius 1 is 1.16 bits per heavy atom. The van der Waals surface area contributed by atoms with Crippen LogP contribution >= 0.6 is 0 Å². The molecule has 0 bridgehead atoms. The first-order valence-corrected chi connectivity index (χ1v) is 6.19. The van der Waals surface area contributed by atoms with Gasteiger partial charge in [0.25, 0.3) is 0 Å². The fourth-order valence-corrected chi connectivity index (χ4v) is 2.07. The summed E-state index contributed by atoms with van der Waals surface area (Å²) in [5.74, 6) is 0. The molecule has 0 aliphatic carbocycles. The number of hydrogen-bond acceptors (Lipinski definition) is 4. The Bertz CT molecular complexity index is 675. The Morgan fingerprint density at radius 2 is 2.11 bits per heavy atom. The first-order chi connectivity index (χ1) is 9.34. The normalized spacial score (nSPS) is 10.7. The summed E-state index contributed by atoms with van der Waals surface area (Å²) in [7, 11) is 0. The van der Waals surface area contributed by atoms with E-state index in [1.807, 2.05) is 41.2 Å². The monoisotopic (exact) mass is 253 g/mol. The molecule has 3 aromatic rings. The highest BCUT2D eigenvalue weighted by Gasteiger charge is 2.04. The quantitative estimate of drug-likeness (QED) is 0.699. The average molecular weight is 253 g/mol. The van der Waals surface area contributed by atoms with Crippen LogP contribution in [0.25, 0.3) is 10.9 Å². The summed E-state index contributed by atoms with van der Waals surface area (Å²) in [5.41, 5.74) is 8.75. The number of rotatable bonds is 4. The van der Waals surface area contributed by atoms with Crippen molar-refractivity contribution in [2.75, 3.05) is 17.6 Å². The van der Waals surface area contributed by atoms with E-state index in [1.165, 1.54) is 0 Å². The molecule has 0 atom stereocenters. The zero-order valence-electron chi connectivity index (χ0n) is 10.5. The minimum absolute atomic E-state index is 0.742. The van der Waals surface area contributed by atoms with Gasteiger partial charge >= 0.3 is 0 Å². The van der Waals surface area contributed by atoms with Gasteiger partial charge < -0.3 is 11.1 Å². The van der Waals surface area contributed by atoms with Crippen LogP contribution in [0, 0.1) is 0 Å². The molecule has 96 valence electrons. The van der Waals surface area contributed by atoms with E-state index in [0.29, 0.717) is 0 Å². The van der Waals surface area contributed by atoms with Crippen molar-refractivity contribution in [3.8, 4) is 0 Å². The maximum Gasteiger partial charge on any atom is 0.0724 e. The number of hydrogen-bond donors (Lipinski definition) is 2. The number of nitrogen functional groups attached to an aromatic ring is 1. The lowest BCUT2D eigenvalue weighted by atomic mass is 10.1. The summed E-state index contributed by atoms with van der Waals surface area (Å²) in [6.45, 7) is 1.58. The Labute approximate surface area is 111 Å². The van der Waals surface area contributed by atoms with Crippen molar-refractivity contribution >= 4 is 22.3 Å². The van der Waals surface area contributed by atoms with Crippen LogP contribution in [0.15, 0.2) is 48.9 Å². The number of benzene rings is 1. The van der Waals surface area contributed by atoms with Crippen LogP contribution in [0.5, 0.6) is 0 Å². The molecule has 0 unspecified atom stereocenters. The second kappa shape index (κ2) is 4.97. The molecule has 19 heavy (non-hydrogen) atoms. The third kappa shape index (κ3) is 2.35. The van der Waals surface area contributed by atoms with Crippen molar-refractivity contribution < 1.29 is 0 Å². The number of anilines is 2. The van der Waals surface area contributed by atoms with Gasteiger partial charge in [-0.3, -0.25) is 9.67 Å². The number of aromatic nitrogens is 3. The van der Waals surface area contributed by atoms with Crippen LogP contribution in [0.1, 0.15) is 0 Å². The SMILES string of the molecule is Nc1c(NCCn2cccn2)ccc2ncccc12. The van der Waals surface area contributed by atoms with E-state index < -0.39 is 0 Å². The van der Waals surface area contributed by atoms with Crippen LogP contribution in [-0.2, 0) is 6.54 Å². The summed E-state index contributed by atoms with van der Waals surface area (Å²) in [5, 5.41) is 8.46. The largest absolute Gasteiger partial charge is 0.397 e. The van der Waals surface area contributed by atoms with Crippen molar-refractivity contribution in [1.29, 1.82) is 0 Å². The standard InChI is InChI=1S/C14H15N5/c15-14-11-3-1-6-16-12(11)4-5-13(14)17-8-10-19-9-2-7-18-19/h1-7,9,17H,8,10,15H2. The highest BCUT2D eigenvalue weighted by molar-refractivity contribution is 5.96. The van der Waals surface area contributed by atoms with E-state index in [0.717, 1.165) is 35.4 Å². The highest BCUT2D eigenvalue weighted by atomic mass is 15.3. The number of fused-ring (bicyclic) bond motifs is 1. The summed E-state index contributed by atoms with van der Waals surface area (Å²) in [6.07, 6.45) is 5.48. The van der Waals surface area contributed by atoms with E-state index in [9.17, 15) is 0 Å². The van der Waals surface area contributed by atoms with Gasteiger partial charge in [-0.1, -0.05) is 0 Å². The molecule has 0 saturated carbocycles. The molecule has 0 amide bonds. The molecular formula is C14H15N5. The van der Waals surface area contributed by atoms with Crippen LogP contribution < -0.4 is 11.1 Å². The van der Waals surface area contributed by atoms with Crippen molar-refractivity contribution in [1.82, 2.24) is 14.8 Å². The van der Waals surface area contributed by atoms with Crippen molar-refractivity contribution in [2.24, 2.45) is 0 Å². The van der Waals surface area contributed by atoms with E-state index in [4.69, 9.17) is 5.73 Å². The predicted octanol–water partition coefficient (Wildman–Crippen LogP) is 2.13. The zero-order valence-corrected chi connectivity index (χ0v) is 10.5. The van der Waals surface area contributed by atoms with Gasteiger partial charge in [-0.25, -0.2) is 0 Å². The molecule has 0 fully saturated rings. The molecule has 5 nitrogen and oxygen atoms in total. The molecule has 0 saturated heterocycles. The fourth-order valence-electron chi connectivity index (χ4n) is 2.07. The Hall–Kier alpha value is -2.56. The minimum atomic E-state index is 0.742. The van der Waals surface area contributed by atoms with E-state index in [-0.39, 0.29) is 0 Å². The van der Waals surface area contributed by atoms with Gasteiger partial charge in [0.15, 0.2) is 0 Å². The van der Waals surface area contributed by atoms with Gasteiger partial charge in [0.1, 0.15) is 0 Å². The average Bonchev–Trinajstić information content (AvgIpc) is 2.95. The maximum absolute atomic E-state index is 6.15. The Morgan fingerprint density at radius 3 is 2.95 bits per heavy atom. The lowest BCUT2D eigenvalue weighted by Gasteiger charge is -2.11. The molecule has 1 aromatic carbocycles. The van der Waals surface area contributed by atoms with E-state index in [2.05, 4.69) is 15.4 Å². The van der Waals surface area contributed by atoms with Gasteiger partial charge in [0.2, 0.25) is 0 Å². The molecule has 0 aliphatic heterocycles. The lowest BCUT2D eigenvalue weighted by molar-refractivity contribution is 0.638. The molecule has 3 rings (SSSR count). The number of nitrogens with one attached hydrogen (secondary N) is 1. The molecule has 0 radical (unpaired) electrons. The molecule has 0 aliphatic rings. The predicted molar refractivity (Wildman–Crippen MR) is 76.9 cm³/mol. The van der Waals surface area contributed by atoms with Gasteiger partial charge in [0, 0.05) is 30.5 Å².